The highest BCUT2D eigenvalue weighted by atomic mass is 16.5. The molecule has 4 nitrogen and oxygen atoms in total. The minimum Gasteiger partial charge on any atom is -0.497 e. The van der Waals surface area contributed by atoms with Gasteiger partial charge in [-0.15, -0.1) is 0 Å². The predicted octanol–water partition coefficient (Wildman–Crippen LogP) is 2.62. The van der Waals surface area contributed by atoms with Crippen molar-refractivity contribution in [2.24, 2.45) is 0 Å². The van der Waals surface area contributed by atoms with E-state index in [0.29, 0.717) is 13.1 Å². The van der Waals surface area contributed by atoms with Gasteiger partial charge >= 0.3 is 0 Å². The molecule has 1 aliphatic rings. The van der Waals surface area contributed by atoms with E-state index in [4.69, 9.17) is 9.47 Å². The predicted molar refractivity (Wildman–Crippen MR) is 79.2 cm³/mol. The Morgan fingerprint density at radius 2 is 2.00 bits per heavy atom. The van der Waals surface area contributed by atoms with Crippen LogP contribution in [0, 0.1) is 0 Å². The molecule has 3 rings (SSSR count). The number of fused-ring (bicyclic) bond motifs is 1. The Morgan fingerprint density at radius 3 is 2.76 bits per heavy atom. The second kappa shape index (κ2) is 5.87. The van der Waals surface area contributed by atoms with E-state index in [-0.39, 0.29) is 12.5 Å². The van der Waals surface area contributed by atoms with Crippen LogP contribution in [-0.2, 0) is 17.9 Å². The molecule has 0 fully saturated rings. The molecule has 108 valence electrons. The Hall–Kier alpha value is -2.49. The average Bonchev–Trinajstić information content (AvgIpc) is 2.67. The molecule has 21 heavy (non-hydrogen) atoms. The van der Waals surface area contributed by atoms with Gasteiger partial charge in [-0.2, -0.15) is 0 Å². The molecule has 0 aromatic heterocycles. The Bertz CT molecular complexity index is 640. The Labute approximate surface area is 123 Å². The van der Waals surface area contributed by atoms with Gasteiger partial charge in [0, 0.05) is 18.7 Å². The summed E-state index contributed by atoms with van der Waals surface area (Å²) in [5, 5.41) is 0. The second-order valence-corrected chi connectivity index (χ2v) is 5.00. The first-order valence-electron chi connectivity index (χ1n) is 6.87. The molecule has 0 unspecified atom stereocenters. The summed E-state index contributed by atoms with van der Waals surface area (Å²) in [5.41, 5.74) is 2.08. The number of hydrogen-bond donors (Lipinski definition) is 0. The van der Waals surface area contributed by atoms with Crippen LogP contribution < -0.4 is 9.47 Å². The first-order chi connectivity index (χ1) is 10.3. The quantitative estimate of drug-likeness (QED) is 0.869. The first kappa shape index (κ1) is 13.5. The number of methoxy groups -OCH3 is 1. The molecule has 0 saturated carbocycles. The summed E-state index contributed by atoms with van der Waals surface area (Å²) < 4.78 is 10.8. The molecule has 0 N–H and O–H groups in total. The average molecular weight is 283 g/mol. The largest absolute Gasteiger partial charge is 0.497 e. The topological polar surface area (TPSA) is 38.8 Å². The lowest BCUT2D eigenvalue weighted by Crippen LogP contribution is -2.31. The number of rotatable bonds is 3. The fourth-order valence-corrected chi connectivity index (χ4v) is 2.42. The van der Waals surface area contributed by atoms with Crippen molar-refractivity contribution in [3.05, 3.63) is 59.7 Å². The van der Waals surface area contributed by atoms with Crippen molar-refractivity contribution in [1.82, 2.24) is 4.90 Å². The molecule has 4 heteroatoms. The smallest absolute Gasteiger partial charge is 0.261 e. The second-order valence-electron chi connectivity index (χ2n) is 5.00. The SMILES string of the molecule is COc1ccc2c(c1)CN(Cc1ccccc1)C(=O)CO2. The summed E-state index contributed by atoms with van der Waals surface area (Å²) in [7, 11) is 1.63. The summed E-state index contributed by atoms with van der Waals surface area (Å²) >= 11 is 0. The maximum atomic E-state index is 12.2. The van der Waals surface area contributed by atoms with Crippen LogP contribution in [0.15, 0.2) is 48.5 Å². The Morgan fingerprint density at radius 1 is 1.19 bits per heavy atom. The van der Waals surface area contributed by atoms with Gasteiger partial charge in [0.1, 0.15) is 11.5 Å². The van der Waals surface area contributed by atoms with Gasteiger partial charge < -0.3 is 14.4 Å². The molecule has 0 bridgehead atoms. The zero-order valence-electron chi connectivity index (χ0n) is 11.9. The zero-order chi connectivity index (χ0) is 14.7. The van der Waals surface area contributed by atoms with Crippen LogP contribution in [0.3, 0.4) is 0 Å². The summed E-state index contributed by atoms with van der Waals surface area (Å²) in [6, 6.07) is 15.6. The van der Waals surface area contributed by atoms with E-state index in [1.54, 1.807) is 12.0 Å². The van der Waals surface area contributed by atoms with Gasteiger partial charge in [0.05, 0.1) is 7.11 Å². The van der Waals surface area contributed by atoms with Crippen molar-refractivity contribution in [2.75, 3.05) is 13.7 Å². The highest BCUT2D eigenvalue weighted by Crippen LogP contribution is 2.28. The van der Waals surface area contributed by atoms with Gasteiger partial charge in [0.25, 0.3) is 5.91 Å². The Kier molecular flexibility index (Phi) is 3.77. The van der Waals surface area contributed by atoms with E-state index in [9.17, 15) is 4.79 Å². The summed E-state index contributed by atoms with van der Waals surface area (Å²) in [6.07, 6.45) is 0. The normalized spacial score (nSPS) is 14.1. The molecular weight excluding hydrogens is 266 g/mol. The highest BCUT2D eigenvalue weighted by molar-refractivity contribution is 5.78. The zero-order valence-corrected chi connectivity index (χ0v) is 11.9. The van der Waals surface area contributed by atoms with Crippen LogP contribution in [0.2, 0.25) is 0 Å². The number of nitrogens with zero attached hydrogens (tertiary/aromatic N) is 1. The van der Waals surface area contributed by atoms with E-state index >= 15 is 0 Å². The number of benzene rings is 2. The van der Waals surface area contributed by atoms with Crippen molar-refractivity contribution in [3.8, 4) is 11.5 Å². The lowest BCUT2D eigenvalue weighted by molar-refractivity contribution is -0.133. The molecule has 0 spiro atoms. The van der Waals surface area contributed by atoms with Gasteiger partial charge in [0.2, 0.25) is 0 Å². The molecule has 0 saturated heterocycles. The third-order valence-corrected chi connectivity index (χ3v) is 3.55. The summed E-state index contributed by atoms with van der Waals surface area (Å²) in [6.45, 7) is 1.19. The van der Waals surface area contributed by atoms with Crippen molar-refractivity contribution < 1.29 is 14.3 Å². The summed E-state index contributed by atoms with van der Waals surface area (Å²) in [5.74, 6) is 1.51. The highest BCUT2D eigenvalue weighted by Gasteiger charge is 2.22. The molecule has 0 radical (unpaired) electrons. The maximum Gasteiger partial charge on any atom is 0.261 e. The third kappa shape index (κ3) is 2.99. The van der Waals surface area contributed by atoms with Gasteiger partial charge in [0.15, 0.2) is 6.61 Å². The molecule has 2 aromatic rings. The van der Waals surface area contributed by atoms with Gasteiger partial charge in [-0.05, 0) is 23.8 Å². The fourth-order valence-electron chi connectivity index (χ4n) is 2.42. The van der Waals surface area contributed by atoms with Crippen LogP contribution in [-0.4, -0.2) is 24.5 Å². The van der Waals surface area contributed by atoms with Crippen molar-refractivity contribution in [2.45, 2.75) is 13.1 Å². The maximum absolute atomic E-state index is 12.2. The minimum absolute atomic E-state index is 0.00554. The third-order valence-electron chi connectivity index (χ3n) is 3.55. The monoisotopic (exact) mass is 283 g/mol. The molecule has 1 heterocycles. The van der Waals surface area contributed by atoms with Gasteiger partial charge in [-0.25, -0.2) is 0 Å². The molecule has 1 amide bonds. The molecule has 0 atom stereocenters. The van der Waals surface area contributed by atoms with Crippen molar-refractivity contribution >= 4 is 5.91 Å². The van der Waals surface area contributed by atoms with Crippen molar-refractivity contribution in [3.63, 3.8) is 0 Å². The number of carbonyl (C=O) groups is 1. The van der Waals surface area contributed by atoms with E-state index in [1.807, 2.05) is 48.5 Å². The van der Waals surface area contributed by atoms with Gasteiger partial charge in [-0.3, -0.25) is 4.79 Å². The van der Waals surface area contributed by atoms with Crippen LogP contribution in [0.25, 0.3) is 0 Å². The van der Waals surface area contributed by atoms with Crippen LogP contribution in [0.1, 0.15) is 11.1 Å². The van der Waals surface area contributed by atoms with E-state index in [0.717, 1.165) is 22.6 Å². The molecule has 2 aromatic carbocycles. The first-order valence-corrected chi connectivity index (χ1v) is 6.87. The molecule has 0 aliphatic carbocycles. The lowest BCUT2D eigenvalue weighted by atomic mass is 10.1. The molecular formula is C17H17NO3. The van der Waals surface area contributed by atoms with E-state index < -0.39 is 0 Å². The van der Waals surface area contributed by atoms with E-state index in [2.05, 4.69) is 0 Å². The van der Waals surface area contributed by atoms with Gasteiger partial charge in [-0.1, -0.05) is 30.3 Å². The van der Waals surface area contributed by atoms with Crippen LogP contribution in [0.4, 0.5) is 0 Å². The van der Waals surface area contributed by atoms with E-state index in [1.165, 1.54) is 0 Å². The summed E-state index contributed by atoms with van der Waals surface area (Å²) in [4.78, 5) is 14.0. The lowest BCUT2D eigenvalue weighted by Gasteiger charge is -2.20. The number of ether oxygens (including phenoxy) is 2. The van der Waals surface area contributed by atoms with Crippen molar-refractivity contribution in [1.29, 1.82) is 0 Å². The number of hydrogen-bond acceptors (Lipinski definition) is 3. The van der Waals surface area contributed by atoms with Crippen LogP contribution >= 0.6 is 0 Å². The van der Waals surface area contributed by atoms with Crippen LogP contribution in [0.5, 0.6) is 11.5 Å². The standard InChI is InChI=1S/C17H17NO3/c1-20-15-7-8-16-14(9-15)11-18(17(19)12-21-16)10-13-5-3-2-4-6-13/h2-9H,10-12H2,1H3. The Balaban J connectivity index is 1.85. The molecule has 1 aliphatic heterocycles. The number of carbonyl (C=O) groups excluding carboxylic acids is 1. The number of amides is 1. The minimum atomic E-state index is -0.00554. The fraction of sp³-hybridized carbons (Fsp3) is 0.235.